The molecule has 1 aromatic carbocycles. The number of carbonyl (C=O) groups is 1. The van der Waals surface area contributed by atoms with Crippen LogP contribution in [0, 0.1) is 11.3 Å². The SMILES string of the molecule is CC(C)(C)CCCC(Cc1ccccc1Br)C(=O)O. The van der Waals surface area contributed by atoms with Crippen LogP contribution >= 0.6 is 15.9 Å². The quantitative estimate of drug-likeness (QED) is 0.806. The molecular weight excluding hydrogens is 304 g/mol. The second-order valence-electron chi connectivity index (χ2n) is 6.28. The van der Waals surface area contributed by atoms with E-state index >= 15 is 0 Å². The summed E-state index contributed by atoms with van der Waals surface area (Å²) in [6.45, 7) is 6.57. The number of benzene rings is 1. The number of carboxylic acids is 1. The summed E-state index contributed by atoms with van der Waals surface area (Å²) in [7, 11) is 0. The summed E-state index contributed by atoms with van der Waals surface area (Å²) in [6.07, 6.45) is 3.37. The van der Waals surface area contributed by atoms with Crippen molar-refractivity contribution in [1.82, 2.24) is 0 Å². The number of halogens is 1. The molecule has 0 heterocycles. The lowest BCUT2D eigenvalue weighted by Crippen LogP contribution is -2.17. The van der Waals surface area contributed by atoms with Crippen molar-refractivity contribution in [1.29, 1.82) is 0 Å². The van der Waals surface area contributed by atoms with Crippen LogP contribution in [0.25, 0.3) is 0 Å². The maximum atomic E-state index is 11.4. The van der Waals surface area contributed by atoms with E-state index in [2.05, 4.69) is 36.7 Å². The minimum atomic E-state index is -0.690. The van der Waals surface area contributed by atoms with Crippen LogP contribution in [0.5, 0.6) is 0 Å². The van der Waals surface area contributed by atoms with Gasteiger partial charge in [-0.15, -0.1) is 0 Å². The van der Waals surface area contributed by atoms with Crippen LogP contribution in [0.15, 0.2) is 28.7 Å². The fourth-order valence-corrected chi connectivity index (χ4v) is 2.57. The molecule has 0 spiro atoms. The third-order valence-electron chi connectivity index (χ3n) is 3.25. The Morgan fingerprint density at radius 3 is 2.47 bits per heavy atom. The average Bonchev–Trinajstić information content (AvgIpc) is 2.28. The van der Waals surface area contributed by atoms with Crippen molar-refractivity contribution in [2.24, 2.45) is 11.3 Å². The zero-order valence-electron chi connectivity index (χ0n) is 11.9. The van der Waals surface area contributed by atoms with Crippen LogP contribution in [0.3, 0.4) is 0 Å². The highest BCUT2D eigenvalue weighted by Crippen LogP contribution is 2.26. The lowest BCUT2D eigenvalue weighted by atomic mass is 9.86. The van der Waals surface area contributed by atoms with Gasteiger partial charge < -0.3 is 5.11 Å². The largest absolute Gasteiger partial charge is 0.481 e. The maximum absolute atomic E-state index is 11.4. The van der Waals surface area contributed by atoms with Gasteiger partial charge in [0, 0.05) is 4.47 Å². The normalized spacial score (nSPS) is 13.3. The van der Waals surface area contributed by atoms with Gasteiger partial charge >= 0.3 is 5.97 Å². The van der Waals surface area contributed by atoms with Gasteiger partial charge in [-0.05, 0) is 36.3 Å². The van der Waals surface area contributed by atoms with E-state index in [4.69, 9.17) is 0 Å². The Morgan fingerprint density at radius 2 is 1.95 bits per heavy atom. The van der Waals surface area contributed by atoms with Crippen LogP contribution in [0.4, 0.5) is 0 Å². The minimum Gasteiger partial charge on any atom is -0.481 e. The molecule has 3 heteroatoms. The average molecular weight is 327 g/mol. The molecule has 0 bridgehead atoms. The zero-order valence-corrected chi connectivity index (χ0v) is 13.5. The highest BCUT2D eigenvalue weighted by Gasteiger charge is 2.20. The zero-order chi connectivity index (χ0) is 14.5. The molecule has 0 saturated carbocycles. The molecule has 1 rings (SSSR count). The van der Waals surface area contributed by atoms with E-state index in [0.29, 0.717) is 6.42 Å². The molecule has 1 aromatic rings. The summed E-state index contributed by atoms with van der Waals surface area (Å²) in [4.78, 5) is 11.4. The molecule has 0 aliphatic rings. The van der Waals surface area contributed by atoms with E-state index in [1.165, 1.54) is 0 Å². The van der Waals surface area contributed by atoms with Crippen LogP contribution in [-0.4, -0.2) is 11.1 Å². The van der Waals surface area contributed by atoms with Crippen LogP contribution in [-0.2, 0) is 11.2 Å². The predicted octanol–water partition coefficient (Wildman–Crippen LogP) is 4.91. The fraction of sp³-hybridized carbons (Fsp3) is 0.562. The lowest BCUT2D eigenvalue weighted by molar-refractivity contribution is -0.142. The lowest BCUT2D eigenvalue weighted by Gasteiger charge is -2.19. The summed E-state index contributed by atoms with van der Waals surface area (Å²) in [5.41, 5.74) is 1.35. The molecule has 0 aliphatic carbocycles. The standard InChI is InChI=1S/C16H23BrO2/c1-16(2,3)10-6-8-13(15(18)19)11-12-7-4-5-9-14(12)17/h4-5,7,9,13H,6,8,10-11H2,1-3H3,(H,18,19). The Kier molecular flexibility index (Phi) is 6.05. The molecule has 19 heavy (non-hydrogen) atoms. The third-order valence-corrected chi connectivity index (χ3v) is 4.03. The van der Waals surface area contributed by atoms with Gasteiger partial charge in [0.15, 0.2) is 0 Å². The molecule has 0 amide bonds. The first kappa shape index (κ1) is 16.2. The Bertz CT molecular complexity index is 421. The van der Waals surface area contributed by atoms with Gasteiger partial charge in [-0.2, -0.15) is 0 Å². The highest BCUT2D eigenvalue weighted by molar-refractivity contribution is 9.10. The molecule has 0 saturated heterocycles. The van der Waals surface area contributed by atoms with Crippen molar-refractivity contribution < 1.29 is 9.90 Å². The number of carboxylic acid groups (broad SMARTS) is 1. The van der Waals surface area contributed by atoms with Crippen molar-refractivity contribution in [2.45, 2.75) is 46.5 Å². The minimum absolute atomic E-state index is 0.274. The van der Waals surface area contributed by atoms with Crippen molar-refractivity contribution in [3.63, 3.8) is 0 Å². The molecule has 1 N–H and O–H groups in total. The number of hydrogen-bond donors (Lipinski definition) is 1. The van der Waals surface area contributed by atoms with Crippen LogP contribution < -0.4 is 0 Å². The molecule has 2 nitrogen and oxygen atoms in total. The molecule has 1 atom stereocenters. The first-order valence-electron chi connectivity index (χ1n) is 6.76. The Hall–Kier alpha value is -0.830. The van der Waals surface area contributed by atoms with Gasteiger partial charge in [-0.1, -0.05) is 61.3 Å². The van der Waals surface area contributed by atoms with Gasteiger partial charge in [-0.3, -0.25) is 4.79 Å². The van der Waals surface area contributed by atoms with Crippen molar-refractivity contribution in [3.05, 3.63) is 34.3 Å². The molecular formula is C16H23BrO2. The van der Waals surface area contributed by atoms with Crippen molar-refractivity contribution in [3.8, 4) is 0 Å². The molecule has 0 radical (unpaired) electrons. The molecule has 0 fully saturated rings. The fourth-order valence-electron chi connectivity index (χ4n) is 2.12. The second kappa shape index (κ2) is 7.09. The second-order valence-corrected chi connectivity index (χ2v) is 7.14. The van der Waals surface area contributed by atoms with Crippen LogP contribution in [0.1, 0.15) is 45.6 Å². The predicted molar refractivity (Wildman–Crippen MR) is 82.3 cm³/mol. The summed E-state index contributed by atoms with van der Waals surface area (Å²) in [5.74, 6) is -0.981. The summed E-state index contributed by atoms with van der Waals surface area (Å²) < 4.78 is 0.997. The topological polar surface area (TPSA) is 37.3 Å². The smallest absolute Gasteiger partial charge is 0.306 e. The number of aliphatic carboxylic acids is 1. The molecule has 0 aliphatic heterocycles. The van der Waals surface area contributed by atoms with Crippen molar-refractivity contribution in [2.75, 3.05) is 0 Å². The van der Waals surface area contributed by atoms with E-state index in [1.807, 2.05) is 24.3 Å². The maximum Gasteiger partial charge on any atom is 0.306 e. The Morgan fingerprint density at radius 1 is 1.32 bits per heavy atom. The van der Waals surface area contributed by atoms with Crippen LogP contribution in [0.2, 0.25) is 0 Å². The number of rotatable bonds is 6. The Labute approximate surface area is 124 Å². The first-order chi connectivity index (χ1) is 8.79. The van der Waals surface area contributed by atoms with Gasteiger partial charge in [0.1, 0.15) is 0 Å². The van der Waals surface area contributed by atoms with Gasteiger partial charge in [0.25, 0.3) is 0 Å². The first-order valence-corrected chi connectivity index (χ1v) is 7.55. The van der Waals surface area contributed by atoms with E-state index in [9.17, 15) is 9.90 Å². The highest BCUT2D eigenvalue weighted by atomic mass is 79.9. The molecule has 0 aromatic heterocycles. The monoisotopic (exact) mass is 326 g/mol. The molecule has 1 unspecified atom stereocenters. The third kappa shape index (κ3) is 6.24. The van der Waals surface area contributed by atoms with Gasteiger partial charge in [0.05, 0.1) is 5.92 Å². The molecule has 106 valence electrons. The van der Waals surface area contributed by atoms with Gasteiger partial charge in [-0.25, -0.2) is 0 Å². The van der Waals surface area contributed by atoms with E-state index in [-0.39, 0.29) is 11.3 Å². The summed E-state index contributed by atoms with van der Waals surface area (Å²) in [5, 5.41) is 9.34. The van der Waals surface area contributed by atoms with Crippen molar-refractivity contribution >= 4 is 21.9 Å². The number of hydrogen-bond acceptors (Lipinski definition) is 1. The summed E-state index contributed by atoms with van der Waals surface area (Å²) in [6, 6.07) is 7.85. The van der Waals surface area contributed by atoms with E-state index in [0.717, 1.165) is 29.3 Å². The Balaban J connectivity index is 2.59. The van der Waals surface area contributed by atoms with E-state index in [1.54, 1.807) is 0 Å². The van der Waals surface area contributed by atoms with E-state index < -0.39 is 5.97 Å². The summed E-state index contributed by atoms with van der Waals surface area (Å²) >= 11 is 3.48. The van der Waals surface area contributed by atoms with Gasteiger partial charge in [0.2, 0.25) is 0 Å².